The summed E-state index contributed by atoms with van der Waals surface area (Å²) in [7, 11) is 0. The SMILES string of the molecule is Nc1ccc(NC2CCOCC2)c2cnccc12. The van der Waals surface area contributed by atoms with Crippen molar-refractivity contribution in [2.45, 2.75) is 18.9 Å². The fraction of sp³-hybridized carbons (Fsp3) is 0.357. The molecule has 0 atom stereocenters. The minimum atomic E-state index is 0.478. The Bertz CT molecular complexity index is 550. The number of fused-ring (bicyclic) bond motifs is 1. The topological polar surface area (TPSA) is 60.2 Å². The van der Waals surface area contributed by atoms with E-state index in [0.717, 1.165) is 48.2 Å². The smallest absolute Gasteiger partial charge is 0.0485 e. The van der Waals surface area contributed by atoms with Gasteiger partial charge in [0.1, 0.15) is 0 Å². The molecule has 3 rings (SSSR count). The van der Waals surface area contributed by atoms with E-state index in [2.05, 4.69) is 10.3 Å². The van der Waals surface area contributed by atoms with Crippen LogP contribution < -0.4 is 11.1 Å². The molecule has 0 bridgehead atoms. The van der Waals surface area contributed by atoms with Crippen molar-refractivity contribution < 1.29 is 4.74 Å². The number of pyridine rings is 1. The normalized spacial score (nSPS) is 16.9. The van der Waals surface area contributed by atoms with Crippen LogP contribution >= 0.6 is 0 Å². The zero-order valence-electron chi connectivity index (χ0n) is 10.2. The number of anilines is 2. The molecule has 4 heteroatoms. The molecule has 1 aromatic heterocycles. The van der Waals surface area contributed by atoms with Crippen LogP contribution in [0.4, 0.5) is 11.4 Å². The first-order chi connectivity index (χ1) is 8.84. The van der Waals surface area contributed by atoms with Gasteiger partial charge in [0.25, 0.3) is 0 Å². The summed E-state index contributed by atoms with van der Waals surface area (Å²) in [5.74, 6) is 0. The van der Waals surface area contributed by atoms with Gasteiger partial charge in [-0.2, -0.15) is 0 Å². The van der Waals surface area contributed by atoms with E-state index >= 15 is 0 Å². The molecular formula is C14H17N3O. The first kappa shape index (κ1) is 11.3. The highest BCUT2D eigenvalue weighted by molar-refractivity contribution is 6.00. The molecular weight excluding hydrogens is 226 g/mol. The van der Waals surface area contributed by atoms with E-state index in [1.54, 1.807) is 6.20 Å². The van der Waals surface area contributed by atoms with E-state index in [4.69, 9.17) is 10.5 Å². The van der Waals surface area contributed by atoms with Gasteiger partial charge in [-0.1, -0.05) is 0 Å². The Kier molecular flexibility index (Phi) is 3.02. The number of nitrogens with one attached hydrogen (secondary N) is 1. The Morgan fingerprint density at radius 2 is 2.00 bits per heavy atom. The van der Waals surface area contributed by atoms with Crippen molar-refractivity contribution in [2.24, 2.45) is 0 Å². The Labute approximate surface area is 106 Å². The summed E-state index contributed by atoms with van der Waals surface area (Å²) < 4.78 is 5.37. The van der Waals surface area contributed by atoms with Gasteiger partial charge in [0, 0.05) is 53.8 Å². The van der Waals surface area contributed by atoms with Crippen molar-refractivity contribution in [2.75, 3.05) is 24.3 Å². The van der Waals surface area contributed by atoms with Crippen LogP contribution in [-0.2, 0) is 4.74 Å². The second kappa shape index (κ2) is 4.82. The molecule has 18 heavy (non-hydrogen) atoms. The van der Waals surface area contributed by atoms with E-state index in [9.17, 15) is 0 Å². The van der Waals surface area contributed by atoms with Crippen LogP contribution in [0.15, 0.2) is 30.6 Å². The molecule has 0 radical (unpaired) electrons. The Hall–Kier alpha value is -1.81. The number of rotatable bonds is 2. The van der Waals surface area contributed by atoms with Crippen LogP contribution in [0.3, 0.4) is 0 Å². The van der Waals surface area contributed by atoms with Crippen molar-refractivity contribution in [3.63, 3.8) is 0 Å². The van der Waals surface area contributed by atoms with Gasteiger partial charge < -0.3 is 15.8 Å². The predicted molar refractivity (Wildman–Crippen MR) is 73.6 cm³/mol. The van der Waals surface area contributed by atoms with E-state index in [1.165, 1.54) is 0 Å². The van der Waals surface area contributed by atoms with E-state index in [1.807, 2.05) is 24.4 Å². The first-order valence-electron chi connectivity index (χ1n) is 6.31. The fourth-order valence-corrected chi connectivity index (χ4v) is 2.40. The number of nitrogens with zero attached hydrogens (tertiary/aromatic N) is 1. The number of hydrogen-bond donors (Lipinski definition) is 2. The summed E-state index contributed by atoms with van der Waals surface area (Å²) >= 11 is 0. The molecule has 1 saturated heterocycles. The minimum Gasteiger partial charge on any atom is -0.398 e. The van der Waals surface area contributed by atoms with Gasteiger partial charge in [0.2, 0.25) is 0 Å². The molecule has 3 N–H and O–H groups in total. The average molecular weight is 243 g/mol. The Morgan fingerprint density at radius 3 is 2.83 bits per heavy atom. The number of aromatic nitrogens is 1. The summed E-state index contributed by atoms with van der Waals surface area (Å²) in [5.41, 5.74) is 7.89. The highest BCUT2D eigenvalue weighted by Gasteiger charge is 2.14. The quantitative estimate of drug-likeness (QED) is 0.795. The summed E-state index contributed by atoms with van der Waals surface area (Å²) in [5, 5.41) is 5.72. The molecule has 0 saturated carbocycles. The van der Waals surface area contributed by atoms with E-state index in [0.29, 0.717) is 6.04 Å². The molecule has 2 heterocycles. The van der Waals surface area contributed by atoms with Crippen LogP contribution in [0.2, 0.25) is 0 Å². The molecule has 1 fully saturated rings. The summed E-state index contributed by atoms with van der Waals surface area (Å²) in [6, 6.07) is 6.42. The molecule has 94 valence electrons. The number of nitrogens with two attached hydrogens (primary N) is 1. The third-order valence-electron chi connectivity index (χ3n) is 3.43. The highest BCUT2D eigenvalue weighted by Crippen LogP contribution is 2.28. The van der Waals surface area contributed by atoms with Gasteiger partial charge in [-0.05, 0) is 31.0 Å². The van der Waals surface area contributed by atoms with Crippen molar-refractivity contribution in [3.8, 4) is 0 Å². The second-order valence-corrected chi connectivity index (χ2v) is 4.65. The molecule has 1 aliphatic rings. The Morgan fingerprint density at radius 1 is 1.17 bits per heavy atom. The molecule has 1 aliphatic heterocycles. The van der Waals surface area contributed by atoms with Gasteiger partial charge in [0.05, 0.1) is 0 Å². The van der Waals surface area contributed by atoms with Crippen LogP contribution in [0, 0.1) is 0 Å². The number of hydrogen-bond acceptors (Lipinski definition) is 4. The highest BCUT2D eigenvalue weighted by atomic mass is 16.5. The maximum atomic E-state index is 5.98. The van der Waals surface area contributed by atoms with Gasteiger partial charge >= 0.3 is 0 Å². The third kappa shape index (κ3) is 2.11. The fourth-order valence-electron chi connectivity index (χ4n) is 2.40. The monoisotopic (exact) mass is 243 g/mol. The van der Waals surface area contributed by atoms with Crippen LogP contribution in [-0.4, -0.2) is 24.2 Å². The summed E-state index contributed by atoms with van der Waals surface area (Å²) in [4.78, 5) is 4.19. The third-order valence-corrected chi connectivity index (χ3v) is 3.43. The maximum absolute atomic E-state index is 5.98. The van der Waals surface area contributed by atoms with E-state index in [-0.39, 0.29) is 0 Å². The maximum Gasteiger partial charge on any atom is 0.0485 e. The van der Waals surface area contributed by atoms with Crippen molar-refractivity contribution in [1.29, 1.82) is 0 Å². The summed E-state index contributed by atoms with van der Waals surface area (Å²) in [6.07, 6.45) is 5.74. The zero-order chi connectivity index (χ0) is 12.4. The Balaban J connectivity index is 1.94. The first-order valence-corrected chi connectivity index (χ1v) is 6.31. The molecule has 4 nitrogen and oxygen atoms in total. The molecule has 0 unspecified atom stereocenters. The number of benzene rings is 1. The number of nitrogen functional groups attached to an aromatic ring is 1. The van der Waals surface area contributed by atoms with Crippen LogP contribution in [0.1, 0.15) is 12.8 Å². The molecule has 0 amide bonds. The zero-order valence-corrected chi connectivity index (χ0v) is 10.2. The molecule has 0 aliphatic carbocycles. The lowest BCUT2D eigenvalue weighted by Gasteiger charge is -2.25. The largest absolute Gasteiger partial charge is 0.398 e. The molecule has 1 aromatic carbocycles. The lowest BCUT2D eigenvalue weighted by molar-refractivity contribution is 0.0905. The van der Waals surface area contributed by atoms with Crippen molar-refractivity contribution in [3.05, 3.63) is 30.6 Å². The van der Waals surface area contributed by atoms with Gasteiger partial charge in [-0.15, -0.1) is 0 Å². The number of ether oxygens (including phenoxy) is 1. The standard InChI is InChI=1S/C14H17N3O/c15-13-1-2-14(12-9-16-6-3-11(12)13)17-10-4-7-18-8-5-10/h1-3,6,9-10,17H,4-5,7-8,15H2. The average Bonchev–Trinajstić information content (AvgIpc) is 2.44. The molecule has 0 spiro atoms. The van der Waals surface area contributed by atoms with Gasteiger partial charge in [0.15, 0.2) is 0 Å². The van der Waals surface area contributed by atoms with Crippen LogP contribution in [0.5, 0.6) is 0 Å². The lowest BCUT2D eigenvalue weighted by atomic mass is 10.1. The second-order valence-electron chi connectivity index (χ2n) is 4.65. The van der Waals surface area contributed by atoms with Gasteiger partial charge in [-0.25, -0.2) is 0 Å². The minimum absolute atomic E-state index is 0.478. The predicted octanol–water partition coefficient (Wildman–Crippen LogP) is 2.41. The summed E-state index contributed by atoms with van der Waals surface area (Å²) in [6.45, 7) is 1.67. The van der Waals surface area contributed by atoms with Crippen LogP contribution in [0.25, 0.3) is 10.8 Å². The van der Waals surface area contributed by atoms with Crippen molar-refractivity contribution >= 4 is 22.1 Å². The lowest BCUT2D eigenvalue weighted by Crippen LogP contribution is -2.27. The van der Waals surface area contributed by atoms with Crippen molar-refractivity contribution in [1.82, 2.24) is 4.98 Å². The van der Waals surface area contributed by atoms with Gasteiger partial charge in [-0.3, -0.25) is 4.98 Å². The van der Waals surface area contributed by atoms with E-state index < -0.39 is 0 Å². The molecule has 2 aromatic rings.